The van der Waals surface area contributed by atoms with Crippen LogP contribution in [0.25, 0.3) is 11.1 Å². The highest BCUT2D eigenvalue weighted by atomic mass is 14.8. The molecule has 0 N–H and O–H groups in total. The van der Waals surface area contributed by atoms with Crippen molar-refractivity contribution in [1.29, 1.82) is 0 Å². The Labute approximate surface area is 214 Å². The lowest BCUT2D eigenvalue weighted by Crippen LogP contribution is -2.37. The summed E-state index contributed by atoms with van der Waals surface area (Å²) in [6, 6.07) is 9.25. The summed E-state index contributed by atoms with van der Waals surface area (Å²) in [6.45, 7) is 17.8. The zero-order chi connectivity index (χ0) is 25.2. The molecule has 2 aliphatic carbocycles. The summed E-state index contributed by atoms with van der Waals surface area (Å²) >= 11 is 0. The van der Waals surface area contributed by atoms with Crippen LogP contribution >= 0.6 is 0 Å². The highest BCUT2D eigenvalue weighted by molar-refractivity contribution is 5.75. The van der Waals surface area contributed by atoms with Crippen LogP contribution in [0.2, 0.25) is 0 Å². The third kappa shape index (κ3) is 5.25. The largest absolute Gasteiger partial charge is 0.257 e. The number of aryl methyl sites for hydroxylation is 1. The molecule has 1 spiro atoms. The summed E-state index contributed by atoms with van der Waals surface area (Å²) in [6.07, 6.45) is 16.3. The van der Waals surface area contributed by atoms with E-state index in [0.29, 0.717) is 17.3 Å². The average Bonchev–Trinajstić information content (AvgIpc) is 2.82. The predicted octanol–water partition coefficient (Wildman–Crippen LogP) is 9.80. The van der Waals surface area contributed by atoms with Crippen molar-refractivity contribution < 1.29 is 0 Å². The van der Waals surface area contributed by atoms with Crippen LogP contribution in [0.4, 0.5) is 0 Å². The van der Waals surface area contributed by atoms with Gasteiger partial charge in [-0.05, 0) is 96.9 Å². The first-order valence-electron chi connectivity index (χ1n) is 13.9. The van der Waals surface area contributed by atoms with Crippen molar-refractivity contribution in [2.24, 2.45) is 5.41 Å². The molecule has 1 unspecified atom stereocenters. The van der Waals surface area contributed by atoms with E-state index in [-0.39, 0.29) is 0 Å². The highest BCUT2D eigenvalue weighted by Gasteiger charge is 2.44. The Hall–Kier alpha value is -2.41. The normalized spacial score (nSPS) is 19.6. The lowest BCUT2D eigenvalue weighted by molar-refractivity contribution is 0.0981. The van der Waals surface area contributed by atoms with Crippen molar-refractivity contribution in [3.05, 3.63) is 88.3 Å². The first kappa shape index (κ1) is 25.7. The van der Waals surface area contributed by atoms with Crippen LogP contribution < -0.4 is 0 Å². The van der Waals surface area contributed by atoms with E-state index in [2.05, 4.69) is 84.5 Å². The van der Waals surface area contributed by atoms with Crippen molar-refractivity contribution in [2.75, 3.05) is 0 Å². The van der Waals surface area contributed by atoms with Crippen molar-refractivity contribution in [3.8, 4) is 11.1 Å². The number of benzene rings is 1. The fourth-order valence-corrected chi connectivity index (χ4v) is 6.40. The van der Waals surface area contributed by atoms with Crippen LogP contribution in [-0.4, -0.2) is 4.98 Å². The fraction of sp³-hybridized carbons (Fsp3) is 0.500. The summed E-state index contributed by atoms with van der Waals surface area (Å²) in [5.41, 5.74) is 13.2. The van der Waals surface area contributed by atoms with E-state index in [0.717, 1.165) is 19.3 Å². The quantitative estimate of drug-likeness (QED) is 0.352. The Morgan fingerprint density at radius 3 is 2.37 bits per heavy atom. The molecule has 1 atom stereocenters. The number of allylic oxidation sites excluding steroid dienone is 5. The lowest BCUT2D eigenvalue weighted by Gasteiger charge is -2.48. The molecule has 0 bridgehead atoms. The molecule has 0 amide bonds. The number of fused-ring (bicyclic) bond motifs is 1. The first-order valence-corrected chi connectivity index (χ1v) is 13.9. The Morgan fingerprint density at radius 2 is 1.83 bits per heavy atom. The van der Waals surface area contributed by atoms with E-state index in [1.807, 2.05) is 6.08 Å². The maximum absolute atomic E-state index is 5.50. The molecule has 2 aliphatic rings. The van der Waals surface area contributed by atoms with Gasteiger partial charge in [0.15, 0.2) is 0 Å². The molecule has 1 heteroatoms. The minimum Gasteiger partial charge on any atom is -0.257 e. The molecule has 35 heavy (non-hydrogen) atoms. The Balaban J connectivity index is 1.93. The van der Waals surface area contributed by atoms with E-state index in [9.17, 15) is 0 Å². The van der Waals surface area contributed by atoms with Gasteiger partial charge in [0.05, 0.1) is 0 Å². The molecule has 0 saturated heterocycles. The van der Waals surface area contributed by atoms with Crippen LogP contribution in [-0.2, 0) is 12.8 Å². The molecule has 2 aromatic rings. The topological polar surface area (TPSA) is 12.9 Å². The standard InChI is InChI=1S/C34H45N/c1-8-26(9-2)14-15-27(10-3)20-29-32(28-16-12-24(6)13-17-28)31-25(7)21-34(18-11-19-34)22-30(31)35-33(29)23(4)5/h8,12-17,23,25H,1,9-11,18-22H2,2-7H3/b26-14+,27-15+. The van der Waals surface area contributed by atoms with Gasteiger partial charge in [0.1, 0.15) is 0 Å². The molecule has 4 rings (SSSR count). The van der Waals surface area contributed by atoms with Crippen LogP contribution in [0, 0.1) is 12.3 Å². The second-order valence-electron chi connectivity index (χ2n) is 11.5. The van der Waals surface area contributed by atoms with Crippen molar-refractivity contribution >= 4 is 0 Å². The second-order valence-corrected chi connectivity index (χ2v) is 11.5. The number of rotatable bonds is 8. The SMILES string of the molecule is C=C/C(=C\C=C(/CC)Cc1c(C(C)C)nc2c(c1-c1ccc(C)cc1)C(C)CC1(CCC1)C2)CC. The summed E-state index contributed by atoms with van der Waals surface area (Å²) in [5.74, 6) is 0.964. The third-order valence-electron chi connectivity index (χ3n) is 8.58. The summed E-state index contributed by atoms with van der Waals surface area (Å²) in [4.78, 5) is 5.50. The van der Waals surface area contributed by atoms with E-state index >= 15 is 0 Å². The number of aromatic nitrogens is 1. The Bertz CT molecular complexity index is 1120. The van der Waals surface area contributed by atoms with E-state index in [1.54, 1.807) is 0 Å². The lowest BCUT2D eigenvalue weighted by atomic mass is 9.57. The van der Waals surface area contributed by atoms with E-state index < -0.39 is 0 Å². The van der Waals surface area contributed by atoms with Gasteiger partial charge in [-0.3, -0.25) is 4.98 Å². The zero-order valence-electron chi connectivity index (χ0n) is 23.0. The number of nitrogens with zero attached hydrogens (tertiary/aromatic N) is 1. The molecule has 1 nitrogen and oxygen atoms in total. The van der Waals surface area contributed by atoms with Crippen molar-refractivity contribution in [2.45, 2.75) is 105 Å². The van der Waals surface area contributed by atoms with Crippen LogP contribution in [0.15, 0.2) is 60.2 Å². The molecule has 0 aliphatic heterocycles. The number of hydrogen-bond acceptors (Lipinski definition) is 1. The van der Waals surface area contributed by atoms with Gasteiger partial charge >= 0.3 is 0 Å². The van der Waals surface area contributed by atoms with Gasteiger partial charge in [-0.2, -0.15) is 0 Å². The molecule has 0 radical (unpaired) electrons. The Kier molecular flexibility index (Phi) is 7.84. The predicted molar refractivity (Wildman–Crippen MR) is 152 cm³/mol. The fourth-order valence-electron chi connectivity index (χ4n) is 6.40. The maximum atomic E-state index is 5.50. The van der Waals surface area contributed by atoms with Crippen molar-refractivity contribution in [1.82, 2.24) is 4.98 Å². The average molecular weight is 468 g/mol. The van der Waals surface area contributed by atoms with Crippen LogP contribution in [0.5, 0.6) is 0 Å². The van der Waals surface area contributed by atoms with Gasteiger partial charge < -0.3 is 0 Å². The molecule has 1 saturated carbocycles. The smallest absolute Gasteiger partial charge is 0.0473 e. The van der Waals surface area contributed by atoms with Gasteiger partial charge in [0, 0.05) is 11.4 Å². The van der Waals surface area contributed by atoms with Gasteiger partial charge in [0.2, 0.25) is 0 Å². The molecular formula is C34H45N. The number of pyridine rings is 1. The third-order valence-corrected chi connectivity index (χ3v) is 8.58. The molecule has 1 heterocycles. The van der Waals surface area contributed by atoms with E-state index in [4.69, 9.17) is 4.98 Å². The zero-order valence-corrected chi connectivity index (χ0v) is 23.0. The van der Waals surface area contributed by atoms with Crippen molar-refractivity contribution in [3.63, 3.8) is 0 Å². The molecule has 1 aromatic heterocycles. The summed E-state index contributed by atoms with van der Waals surface area (Å²) in [7, 11) is 0. The number of hydrogen-bond donors (Lipinski definition) is 0. The first-order chi connectivity index (χ1) is 16.8. The minimum atomic E-state index is 0.405. The molecule has 1 aromatic carbocycles. The maximum Gasteiger partial charge on any atom is 0.0473 e. The Morgan fingerprint density at radius 1 is 1.11 bits per heavy atom. The minimum absolute atomic E-state index is 0.405. The second kappa shape index (κ2) is 10.7. The molecule has 1 fully saturated rings. The van der Waals surface area contributed by atoms with Gasteiger partial charge in [-0.1, -0.05) is 101 Å². The van der Waals surface area contributed by atoms with Crippen LogP contribution in [0.1, 0.15) is 113 Å². The van der Waals surface area contributed by atoms with Gasteiger partial charge in [-0.25, -0.2) is 0 Å². The van der Waals surface area contributed by atoms with Gasteiger partial charge in [0.25, 0.3) is 0 Å². The molecular weight excluding hydrogens is 422 g/mol. The van der Waals surface area contributed by atoms with E-state index in [1.165, 1.54) is 82.5 Å². The monoisotopic (exact) mass is 467 g/mol. The van der Waals surface area contributed by atoms with Crippen LogP contribution in [0.3, 0.4) is 0 Å². The van der Waals surface area contributed by atoms with Gasteiger partial charge in [-0.15, -0.1) is 0 Å². The molecule has 186 valence electrons. The summed E-state index contributed by atoms with van der Waals surface area (Å²) in [5, 5.41) is 0. The highest BCUT2D eigenvalue weighted by Crippen LogP contribution is 2.55. The summed E-state index contributed by atoms with van der Waals surface area (Å²) < 4.78 is 0.